The quantitative estimate of drug-likeness (QED) is 0.799. The van der Waals surface area contributed by atoms with Crippen molar-refractivity contribution in [1.82, 2.24) is 0 Å². The standard InChI is InChI=1S/C11H9ClFNS/c1-6-9(10(14)11(12)15-6)7-2-4-8(13)5-3-7/h2-5H,14H2,1H3. The number of hydrogen-bond donors (Lipinski definition) is 1. The molecular formula is C11H9ClFNS. The SMILES string of the molecule is Cc1sc(Cl)c(N)c1-c1ccc(F)cc1. The molecule has 2 N–H and O–H groups in total. The maximum absolute atomic E-state index is 12.8. The Morgan fingerprint density at radius 2 is 1.87 bits per heavy atom. The zero-order chi connectivity index (χ0) is 11.0. The number of thiophene rings is 1. The molecular weight excluding hydrogens is 233 g/mol. The van der Waals surface area contributed by atoms with Crippen molar-refractivity contribution in [1.29, 1.82) is 0 Å². The Labute approximate surface area is 96.3 Å². The van der Waals surface area contributed by atoms with Crippen molar-refractivity contribution in [3.8, 4) is 11.1 Å². The summed E-state index contributed by atoms with van der Waals surface area (Å²) in [7, 11) is 0. The third-order valence-electron chi connectivity index (χ3n) is 2.21. The molecule has 0 unspecified atom stereocenters. The second kappa shape index (κ2) is 3.83. The lowest BCUT2D eigenvalue weighted by Gasteiger charge is -2.02. The van der Waals surface area contributed by atoms with Crippen LogP contribution in [0.15, 0.2) is 24.3 Å². The Hall–Kier alpha value is -1.06. The molecule has 2 aromatic rings. The van der Waals surface area contributed by atoms with E-state index in [1.54, 1.807) is 12.1 Å². The number of nitrogen functional groups attached to an aromatic ring is 1. The van der Waals surface area contributed by atoms with E-state index < -0.39 is 0 Å². The van der Waals surface area contributed by atoms with E-state index in [0.717, 1.165) is 16.0 Å². The average molecular weight is 242 g/mol. The Morgan fingerprint density at radius 1 is 1.27 bits per heavy atom. The molecule has 0 radical (unpaired) electrons. The van der Waals surface area contributed by atoms with Crippen LogP contribution in [-0.2, 0) is 0 Å². The van der Waals surface area contributed by atoms with Gasteiger partial charge in [0.25, 0.3) is 0 Å². The second-order valence-corrected chi connectivity index (χ2v) is 5.05. The molecule has 0 aliphatic heterocycles. The van der Waals surface area contributed by atoms with Crippen LogP contribution in [0.5, 0.6) is 0 Å². The average Bonchev–Trinajstić information content (AvgIpc) is 2.44. The molecule has 0 saturated carbocycles. The van der Waals surface area contributed by atoms with Gasteiger partial charge in [-0.3, -0.25) is 0 Å². The van der Waals surface area contributed by atoms with Crippen LogP contribution in [0.4, 0.5) is 10.1 Å². The zero-order valence-corrected chi connectivity index (χ0v) is 9.62. The van der Waals surface area contributed by atoms with Crippen molar-refractivity contribution in [2.75, 3.05) is 5.73 Å². The van der Waals surface area contributed by atoms with Gasteiger partial charge in [-0.15, -0.1) is 11.3 Å². The first-order valence-electron chi connectivity index (χ1n) is 4.40. The smallest absolute Gasteiger partial charge is 0.123 e. The van der Waals surface area contributed by atoms with Crippen molar-refractivity contribution >= 4 is 28.6 Å². The normalized spacial score (nSPS) is 10.6. The first-order valence-corrected chi connectivity index (χ1v) is 5.59. The fourth-order valence-electron chi connectivity index (χ4n) is 1.50. The number of halogens is 2. The Bertz CT molecular complexity index is 490. The van der Waals surface area contributed by atoms with Crippen LogP contribution >= 0.6 is 22.9 Å². The van der Waals surface area contributed by atoms with Gasteiger partial charge in [0, 0.05) is 10.4 Å². The van der Waals surface area contributed by atoms with Crippen LogP contribution in [0.3, 0.4) is 0 Å². The molecule has 0 aliphatic carbocycles. The molecule has 15 heavy (non-hydrogen) atoms. The Morgan fingerprint density at radius 3 is 2.33 bits per heavy atom. The largest absolute Gasteiger partial charge is 0.396 e. The van der Waals surface area contributed by atoms with Gasteiger partial charge in [0.15, 0.2) is 0 Å². The molecule has 0 fully saturated rings. The summed E-state index contributed by atoms with van der Waals surface area (Å²) < 4.78 is 13.3. The summed E-state index contributed by atoms with van der Waals surface area (Å²) in [5, 5.41) is 0. The highest BCUT2D eigenvalue weighted by Gasteiger charge is 2.13. The molecule has 0 spiro atoms. The number of aryl methyl sites for hydroxylation is 1. The van der Waals surface area contributed by atoms with Gasteiger partial charge >= 0.3 is 0 Å². The minimum Gasteiger partial charge on any atom is -0.396 e. The highest BCUT2D eigenvalue weighted by Crippen LogP contribution is 2.41. The highest BCUT2D eigenvalue weighted by atomic mass is 35.5. The van der Waals surface area contributed by atoms with Gasteiger partial charge in [0.05, 0.1) is 5.69 Å². The van der Waals surface area contributed by atoms with Crippen LogP contribution in [0.2, 0.25) is 4.34 Å². The lowest BCUT2D eigenvalue weighted by molar-refractivity contribution is 0.628. The van der Waals surface area contributed by atoms with Gasteiger partial charge in [-0.05, 0) is 24.6 Å². The van der Waals surface area contributed by atoms with Gasteiger partial charge in [0.2, 0.25) is 0 Å². The molecule has 0 saturated heterocycles. The number of anilines is 1. The van der Waals surface area contributed by atoms with Crippen LogP contribution in [-0.4, -0.2) is 0 Å². The van der Waals surface area contributed by atoms with Crippen LogP contribution < -0.4 is 5.73 Å². The highest BCUT2D eigenvalue weighted by molar-refractivity contribution is 7.17. The number of rotatable bonds is 1. The lowest BCUT2D eigenvalue weighted by Crippen LogP contribution is -1.87. The van der Waals surface area contributed by atoms with Crippen molar-refractivity contribution in [2.24, 2.45) is 0 Å². The molecule has 1 aromatic heterocycles. The molecule has 78 valence electrons. The maximum Gasteiger partial charge on any atom is 0.123 e. The van der Waals surface area contributed by atoms with Crippen molar-refractivity contribution in [2.45, 2.75) is 6.92 Å². The van der Waals surface area contributed by atoms with E-state index in [0.29, 0.717) is 10.0 Å². The van der Waals surface area contributed by atoms with E-state index in [-0.39, 0.29) is 5.82 Å². The molecule has 1 aromatic carbocycles. The first-order chi connectivity index (χ1) is 7.09. The molecule has 1 heterocycles. The summed E-state index contributed by atoms with van der Waals surface area (Å²) in [6.07, 6.45) is 0. The van der Waals surface area contributed by atoms with Crippen molar-refractivity contribution in [3.05, 3.63) is 39.3 Å². The molecule has 0 aliphatic rings. The molecule has 2 rings (SSSR count). The summed E-state index contributed by atoms with van der Waals surface area (Å²) in [4.78, 5) is 1.05. The molecule has 0 amide bonds. The molecule has 0 atom stereocenters. The zero-order valence-electron chi connectivity index (χ0n) is 8.05. The van der Waals surface area contributed by atoms with Crippen molar-refractivity contribution < 1.29 is 4.39 Å². The van der Waals surface area contributed by atoms with E-state index in [1.165, 1.54) is 23.5 Å². The van der Waals surface area contributed by atoms with Crippen molar-refractivity contribution in [3.63, 3.8) is 0 Å². The summed E-state index contributed by atoms with van der Waals surface area (Å²) in [6.45, 7) is 1.95. The van der Waals surface area contributed by atoms with E-state index in [4.69, 9.17) is 17.3 Å². The topological polar surface area (TPSA) is 26.0 Å². The maximum atomic E-state index is 12.8. The van der Waals surface area contributed by atoms with E-state index in [9.17, 15) is 4.39 Å². The monoisotopic (exact) mass is 241 g/mol. The van der Waals surface area contributed by atoms with Gasteiger partial charge in [-0.25, -0.2) is 4.39 Å². The summed E-state index contributed by atoms with van der Waals surface area (Å²) in [5.41, 5.74) is 8.24. The van der Waals surface area contributed by atoms with Gasteiger partial charge in [-0.2, -0.15) is 0 Å². The lowest BCUT2D eigenvalue weighted by atomic mass is 10.1. The van der Waals surface area contributed by atoms with Gasteiger partial charge in [0.1, 0.15) is 10.2 Å². The van der Waals surface area contributed by atoms with E-state index in [1.807, 2.05) is 6.92 Å². The molecule has 1 nitrogen and oxygen atoms in total. The van der Waals surface area contributed by atoms with Gasteiger partial charge in [-0.1, -0.05) is 23.7 Å². The number of hydrogen-bond acceptors (Lipinski definition) is 2. The third-order valence-corrected chi connectivity index (χ3v) is 3.55. The number of benzene rings is 1. The fourth-order valence-corrected chi connectivity index (χ4v) is 2.76. The Kier molecular flexibility index (Phi) is 2.67. The van der Waals surface area contributed by atoms with Crippen LogP contribution in [0.1, 0.15) is 4.88 Å². The minimum absolute atomic E-state index is 0.253. The third kappa shape index (κ3) is 1.85. The van der Waals surface area contributed by atoms with Crippen LogP contribution in [0.25, 0.3) is 11.1 Å². The van der Waals surface area contributed by atoms with E-state index in [2.05, 4.69) is 0 Å². The predicted octanol–water partition coefficient (Wildman–Crippen LogP) is 4.10. The molecule has 4 heteroatoms. The van der Waals surface area contributed by atoms with E-state index >= 15 is 0 Å². The summed E-state index contributed by atoms with van der Waals surface area (Å²) in [6, 6.07) is 6.24. The minimum atomic E-state index is -0.253. The number of nitrogens with two attached hydrogens (primary N) is 1. The second-order valence-electron chi connectivity index (χ2n) is 3.23. The van der Waals surface area contributed by atoms with Gasteiger partial charge < -0.3 is 5.73 Å². The Balaban J connectivity index is 2.58. The summed E-state index contributed by atoms with van der Waals surface area (Å²) >= 11 is 7.38. The molecule has 0 bridgehead atoms. The predicted molar refractivity (Wildman–Crippen MR) is 63.9 cm³/mol. The fraction of sp³-hybridized carbons (Fsp3) is 0.0909. The van der Waals surface area contributed by atoms with Crippen LogP contribution in [0, 0.1) is 12.7 Å². The first kappa shape index (κ1) is 10.5. The summed E-state index contributed by atoms with van der Waals surface area (Å²) in [5.74, 6) is -0.253.